The van der Waals surface area contributed by atoms with E-state index >= 15 is 0 Å². The topological polar surface area (TPSA) is 188 Å². The molecule has 0 spiro atoms. The number of hydrogen-bond acceptors (Lipinski definition) is 12. The SMILES string of the molecule is C=CCn1c(=O)c2cnc(Nc3ccc(N4CCN(c5ccc6c(c5)C(=O)N(C5CCC(=O)NC5=O)C6=O)CC4)cc3)nc2n1-c1ccc2c(n1)[C@@](O)(CC)CC2. The van der Waals surface area contributed by atoms with Gasteiger partial charge in [0.05, 0.1) is 23.4 Å². The van der Waals surface area contributed by atoms with Gasteiger partial charge in [-0.15, -0.1) is 6.58 Å². The van der Waals surface area contributed by atoms with E-state index in [1.165, 1.54) is 10.9 Å². The number of aryl methyl sites for hydroxylation is 1. The number of rotatable bonds is 9. The van der Waals surface area contributed by atoms with Gasteiger partial charge in [-0.25, -0.2) is 19.3 Å². The predicted molar refractivity (Wildman–Crippen MR) is 211 cm³/mol. The van der Waals surface area contributed by atoms with Gasteiger partial charge in [-0.1, -0.05) is 19.1 Å². The monoisotopic (exact) mass is 768 g/mol. The van der Waals surface area contributed by atoms with Gasteiger partial charge >= 0.3 is 0 Å². The number of fused-ring (bicyclic) bond motifs is 3. The van der Waals surface area contributed by atoms with Gasteiger partial charge in [-0.3, -0.25) is 34.2 Å². The van der Waals surface area contributed by atoms with Crippen molar-refractivity contribution in [3.63, 3.8) is 0 Å². The number of aromatic nitrogens is 5. The molecule has 0 bridgehead atoms. The highest BCUT2D eigenvalue weighted by Gasteiger charge is 2.45. The van der Waals surface area contributed by atoms with E-state index in [0.29, 0.717) is 67.5 Å². The lowest BCUT2D eigenvalue weighted by molar-refractivity contribution is -0.136. The number of carbonyl (C=O) groups is 4. The Bertz CT molecular complexity index is 2570. The zero-order chi connectivity index (χ0) is 39.6. The molecule has 3 aliphatic heterocycles. The van der Waals surface area contributed by atoms with Crippen molar-refractivity contribution in [2.45, 2.75) is 57.2 Å². The summed E-state index contributed by atoms with van der Waals surface area (Å²) in [6.45, 7) is 8.78. The van der Waals surface area contributed by atoms with Crippen LogP contribution >= 0.6 is 0 Å². The zero-order valence-electron chi connectivity index (χ0n) is 31.3. The van der Waals surface area contributed by atoms with E-state index in [1.54, 1.807) is 22.9 Å². The molecular formula is C41H40N10O6. The minimum Gasteiger partial charge on any atom is -0.384 e. The average molecular weight is 769 g/mol. The van der Waals surface area contributed by atoms with Crippen molar-refractivity contribution in [3.8, 4) is 5.82 Å². The van der Waals surface area contributed by atoms with Crippen LogP contribution in [0.25, 0.3) is 16.9 Å². The van der Waals surface area contributed by atoms with Gasteiger partial charge in [-0.05, 0) is 79.8 Å². The molecule has 2 aromatic carbocycles. The third-order valence-corrected chi connectivity index (χ3v) is 11.5. The lowest BCUT2D eigenvalue weighted by Gasteiger charge is -2.37. The van der Waals surface area contributed by atoms with Crippen LogP contribution in [0.2, 0.25) is 0 Å². The maximum absolute atomic E-state index is 13.5. The molecule has 16 heteroatoms. The van der Waals surface area contributed by atoms with Crippen LogP contribution in [0.4, 0.5) is 23.0 Å². The van der Waals surface area contributed by atoms with Gasteiger partial charge in [-0.2, -0.15) is 4.98 Å². The molecule has 0 radical (unpaired) electrons. The molecule has 16 nitrogen and oxygen atoms in total. The fraction of sp³-hybridized carbons (Fsp3) is 0.317. The average Bonchev–Trinajstić information content (AvgIpc) is 3.80. The Morgan fingerprint density at radius 2 is 1.63 bits per heavy atom. The second-order valence-corrected chi connectivity index (χ2v) is 14.8. The first-order valence-corrected chi connectivity index (χ1v) is 19.1. The number of allylic oxidation sites excluding steroid dienone is 1. The van der Waals surface area contributed by atoms with Crippen LogP contribution in [-0.4, -0.2) is 90.2 Å². The molecule has 6 heterocycles. The Labute approximate surface area is 326 Å². The number of aliphatic hydroxyl groups is 1. The van der Waals surface area contributed by atoms with Crippen LogP contribution in [0.5, 0.6) is 0 Å². The number of nitrogens with zero attached hydrogens (tertiary/aromatic N) is 8. The number of pyridine rings is 1. The van der Waals surface area contributed by atoms with Crippen LogP contribution in [0.3, 0.4) is 0 Å². The van der Waals surface area contributed by atoms with E-state index < -0.39 is 35.3 Å². The summed E-state index contributed by atoms with van der Waals surface area (Å²) in [7, 11) is 0. The van der Waals surface area contributed by atoms with Crippen molar-refractivity contribution < 1.29 is 24.3 Å². The maximum atomic E-state index is 13.5. The van der Waals surface area contributed by atoms with E-state index in [4.69, 9.17) is 9.97 Å². The lowest BCUT2D eigenvalue weighted by Crippen LogP contribution is -2.54. The fourth-order valence-electron chi connectivity index (χ4n) is 8.38. The van der Waals surface area contributed by atoms with E-state index in [0.717, 1.165) is 33.9 Å². The molecule has 2 atom stereocenters. The molecule has 5 aromatic rings. The largest absolute Gasteiger partial charge is 0.384 e. The summed E-state index contributed by atoms with van der Waals surface area (Å²) in [4.78, 5) is 83.6. The van der Waals surface area contributed by atoms with Crippen LogP contribution in [0, 0.1) is 0 Å². The van der Waals surface area contributed by atoms with Crippen molar-refractivity contribution >= 4 is 57.7 Å². The summed E-state index contributed by atoms with van der Waals surface area (Å²) >= 11 is 0. The minimum atomic E-state index is -1.02. The normalized spacial score (nSPS) is 20.6. The number of hydrogen-bond donors (Lipinski definition) is 3. The van der Waals surface area contributed by atoms with E-state index in [1.807, 2.05) is 49.4 Å². The van der Waals surface area contributed by atoms with Gasteiger partial charge in [0.1, 0.15) is 17.0 Å². The number of carbonyl (C=O) groups excluding carboxylic acids is 4. The number of nitrogens with one attached hydrogen (secondary N) is 2. The molecule has 0 saturated carbocycles. The van der Waals surface area contributed by atoms with Gasteiger partial charge < -0.3 is 20.2 Å². The Morgan fingerprint density at radius 1 is 0.912 bits per heavy atom. The molecule has 4 aliphatic rings. The van der Waals surface area contributed by atoms with Gasteiger partial charge in [0.2, 0.25) is 17.8 Å². The Morgan fingerprint density at radius 3 is 2.35 bits per heavy atom. The van der Waals surface area contributed by atoms with Crippen molar-refractivity contribution in [1.29, 1.82) is 0 Å². The summed E-state index contributed by atoms with van der Waals surface area (Å²) < 4.78 is 3.18. The fourth-order valence-corrected chi connectivity index (χ4v) is 8.38. The third-order valence-electron chi connectivity index (χ3n) is 11.5. The number of benzene rings is 2. The molecule has 2 saturated heterocycles. The number of imide groups is 2. The second kappa shape index (κ2) is 13.8. The Hall–Kier alpha value is -6.68. The molecule has 3 N–H and O–H groups in total. The molecule has 2 fully saturated rings. The predicted octanol–water partition coefficient (Wildman–Crippen LogP) is 3.18. The van der Waals surface area contributed by atoms with Crippen LogP contribution < -0.4 is 26.0 Å². The number of anilines is 4. The quantitative estimate of drug-likeness (QED) is 0.147. The van der Waals surface area contributed by atoms with Gasteiger partial charge in [0, 0.05) is 55.9 Å². The number of piperazine rings is 1. The van der Waals surface area contributed by atoms with E-state index in [-0.39, 0.29) is 36.1 Å². The Balaban J connectivity index is 0.888. The van der Waals surface area contributed by atoms with Crippen LogP contribution in [-0.2, 0) is 28.2 Å². The molecule has 1 unspecified atom stereocenters. The molecule has 4 amide bonds. The highest BCUT2D eigenvalue weighted by atomic mass is 16.3. The van der Waals surface area contributed by atoms with E-state index in [9.17, 15) is 29.1 Å². The maximum Gasteiger partial charge on any atom is 0.278 e. The first-order chi connectivity index (χ1) is 27.6. The smallest absolute Gasteiger partial charge is 0.278 e. The van der Waals surface area contributed by atoms with Gasteiger partial charge in [0.25, 0.3) is 17.4 Å². The molecule has 3 aromatic heterocycles. The first-order valence-electron chi connectivity index (χ1n) is 19.1. The van der Waals surface area contributed by atoms with Gasteiger partial charge in [0.15, 0.2) is 11.5 Å². The summed E-state index contributed by atoms with van der Waals surface area (Å²) in [6.07, 6.45) is 5.20. The summed E-state index contributed by atoms with van der Waals surface area (Å²) in [5, 5.41) is 17.1. The number of piperidine rings is 1. The lowest BCUT2D eigenvalue weighted by atomic mass is 9.98. The van der Waals surface area contributed by atoms with Crippen molar-refractivity contribution in [3.05, 3.63) is 106 Å². The van der Waals surface area contributed by atoms with Crippen molar-refractivity contribution in [2.75, 3.05) is 41.3 Å². The molecule has 1 aliphatic carbocycles. The van der Waals surface area contributed by atoms with Crippen LogP contribution in [0.15, 0.2) is 78.2 Å². The highest BCUT2D eigenvalue weighted by Crippen LogP contribution is 2.39. The minimum absolute atomic E-state index is 0.0702. The second-order valence-electron chi connectivity index (χ2n) is 14.8. The van der Waals surface area contributed by atoms with Crippen molar-refractivity contribution in [1.82, 2.24) is 34.5 Å². The summed E-state index contributed by atoms with van der Waals surface area (Å²) in [5.41, 5.74) is 3.83. The highest BCUT2D eigenvalue weighted by molar-refractivity contribution is 6.23. The summed E-state index contributed by atoms with van der Waals surface area (Å²) in [6, 6.07) is 15.9. The standard InChI is InChI=1S/C41H40N10O6/c1-3-17-49-37(54)30-23-42-40(46-35(30)51(49)32-13-5-24-15-16-41(57,4-2)34(24)44-32)43-25-6-8-26(9-7-25)47-18-20-48(21-19-47)27-10-11-28-29(22-27)39(56)50(38(28)55)31-12-14-33(52)45-36(31)53/h3,5-11,13,22-23,31,57H,1,4,12,14-21H2,2H3,(H,42,43,46)(H,45,52,53)/t31?,41-/m1/s1. The van der Waals surface area contributed by atoms with Crippen LogP contribution in [0.1, 0.15) is 64.6 Å². The molecular weight excluding hydrogens is 729 g/mol. The molecule has 57 heavy (non-hydrogen) atoms. The third kappa shape index (κ3) is 6.03. The van der Waals surface area contributed by atoms with Crippen molar-refractivity contribution in [2.24, 2.45) is 0 Å². The zero-order valence-corrected chi connectivity index (χ0v) is 31.3. The Kier molecular flexibility index (Phi) is 8.72. The summed E-state index contributed by atoms with van der Waals surface area (Å²) in [5.74, 6) is -1.31. The molecule has 290 valence electrons. The number of amides is 4. The molecule has 9 rings (SSSR count). The first kappa shape index (κ1) is 36.0. The van der Waals surface area contributed by atoms with E-state index in [2.05, 4.69) is 32.0 Å².